The zero-order valence-corrected chi connectivity index (χ0v) is 19.4. The van der Waals surface area contributed by atoms with Crippen LogP contribution in [0.4, 0.5) is 4.79 Å². The van der Waals surface area contributed by atoms with Crippen molar-refractivity contribution in [3.05, 3.63) is 35.9 Å². The molecule has 0 N–H and O–H groups in total. The van der Waals surface area contributed by atoms with Gasteiger partial charge in [-0.05, 0) is 42.2 Å². The first-order chi connectivity index (χ1) is 13.7. The standard InChI is InChI=1S/C22H33NO5Si/c1-5-26-19(24)18-13-22(11-17(12-22)28-29-21(2,3)4)15-23(18)20(25)27-14-16-9-7-6-8-10-16/h6-10,17-18H,5,11-15,29H2,1-4H3. The third-order valence-corrected chi connectivity index (χ3v) is 7.08. The lowest BCUT2D eigenvalue weighted by Crippen LogP contribution is -2.46. The van der Waals surface area contributed by atoms with Gasteiger partial charge in [-0.2, -0.15) is 0 Å². The highest BCUT2D eigenvalue weighted by Gasteiger charge is 2.56. The van der Waals surface area contributed by atoms with Crippen LogP contribution in [-0.2, 0) is 25.3 Å². The highest BCUT2D eigenvalue weighted by atomic mass is 28.2. The van der Waals surface area contributed by atoms with Crippen LogP contribution < -0.4 is 0 Å². The smallest absolute Gasteiger partial charge is 0.410 e. The van der Waals surface area contributed by atoms with Crippen molar-refractivity contribution in [1.82, 2.24) is 4.90 Å². The Balaban J connectivity index is 1.60. The second-order valence-electron chi connectivity index (χ2n) is 9.54. The molecule has 29 heavy (non-hydrogen) atoms. The van der Waals surface area contributed by atoms with Gasteiger partial charge in [-0.25, -0.2) is 9.59 Å². The molecule has 1 heterocycles. The molecule has 0 aromatic heterocycles. The minimum absolute atomic E-state index is 0.0554. The summed E-state index contributed by atoms with van der Waals surface area (Å²) in [6.45, 7) is 9.45. The van der Waals surface area contributed by atoms with E-state index >= 15 is 0 Å². The topological polar surface area (TPSA) is 65.1 Å². The fourth-order valence-electron chi connectivity index (χ4n) is 4.19. The van der Waals surface area contributed by atoms with Gasteiger partial charge < -0.3 is 13.9 Å². The number of hydrogen-bond acceptors (Lipinski definition) is 5. The fourth-order valence-corrected chi connectivity index (χ4v) is 5.16. The molecule has 6 nitrogen and oxygen atoms in total. The van der Waals surface area contributed by atoms with Crippen LogP contribution in [-0.4, -0.2) is 52.0 Å². The van der Waals surface area contributed by atoms with Gasteiger partial charge in [0, 0.05) is 12.6 Å². The van der Waals surface area contributed by atoms with E-state index in [9.17, 15) is 9.59 Å². The summed E-state index contributed by atoms with van der Waals surface area (Å²) >= 11 is 0. The van der Waals surface area contributed by atoms with E-state index < -0.39 is 21.9 Å². The molecule has 1 aliphatic carbocycles. The molecule has 0 radical (unpaired) electrons. The number of carbonyl (C=O) groups is 2. The first-order valence-electron chi connectivity index (χ1n) is 10.5. The lowest BCUT2D eigenvalue weighted by molar-refractivity contribution is -0.148. The molecular weight excluding hydrogens is 386 g/mol. The third kappa shape index (κ3) is 5.60. The van der Waals surface area contributed by atoms with E-state index in [-0.39, 0.29) is 29.1 Å². The second kappa shape index (κ2) is 8.88. The fraction of sp³-hybridized carbons (Fsp3) is 0.636. The maximum atomic E-state index is 12.8. The number of carbonyl (C=O) groups excluding carboxylic acids is 2. The molecule has 7 heteroatoms. The molecule has 1 spiro atoms. The molecule has 160 valence electrons. The lowest BCUT2D eigenvalue weighted by atomic mass is 9.65. The lowest BCUT2D eigenvalue weighted by Gasteiger charge is -2.45. The summed E-state index contributed by atoms with van der Waals surface area (Å²) in [5.74, 6) is -0.338. The summed E-state index contributed by atoms with van der Waals surface area (Å²) in [7, 11) is -0.601. The molecule has 0 bridgehead atoms. The van der Waals surface area contributed by atoms with Crippen LogP contribution in [0.15, 0.2) is 30.3 Å². The van der Waals surface area contributed by atoms with Gasteiger partial charge in [0.15, 0.2) is 9.76 Å². The quantitative estimate of drug-likeness (QED) is 0.522. The normalized spacial score (nSPS) is 26.7. The first kappa shape index (κ1) is 21.8. The molecule has 1 saturated carbocycles. The molecule has 2 fully saturated rings. The molecule has 1 atom stereocenters. The third-order valence-electron chi connectivity index (χ3n) is 5.58. The summed E-state index contributed by atoms with van der Waals surface area (Å²) in [4.78, 5) is 26.8. The van der Waals surface area contributed by atoms with Gasteiger partial charge >= 0.3 is 12.1 Å². The summed E-state index contributed by atoms with van der Waals surface area (Å²) in [6, 6.07) is 8.99. The number of benzene rings is 1. The molecule has 1 unspecified atom stereocenters. The van der Waals surface area contributed by atoms with Crippen molar-refractivity contribution in [2.45, 2.75) is 70.7 Å². The molecular formula is C22H33NO5Si. The van der Waals surface area contributed by atoms with Crippen molar-refractivity contribution in [1.29, 1.82) is 0 Å². The van der Waals surface area contributed by atoms with Gasteiger partial charge in [0.05, 0.1) is 6.61 Å². The predicted octanol–water partition coefficient (Wildman–Crippen LogP) is 3.43. The largest absolute Gasteiger partial charge is 0.464 e. The van der Waals surface area contributed by atoms with Gasteiger partial charge in [-0.3, -0.25) is 4.90 Å². The maximum Gasteiger partial charge on any atom is 0.410 e. The van der Waals surface area contributed by atoms with Crippen molar-refractivity contribution in [2.24, 2.45) is 5.41 Å². The zero-order chi connectivity index (χ0) is 21.1. The van der Waals surface area contributed by atoms with Crippen LogP contribution in [0.1, 0.15) is 52.5 Å². The molecule has 2 aliphatic rings. The Hall–Kier alpha value is -1.86. The van der Waals surface area contributed by atoms with Crippen LogP contribution in [0.5, 0.6) is 0 Å². The highest BCUT2D eigenvalue weighted by Crippen LogP contribution is 2.52. The average molecular weight is 420 g/mol. The number of likely N-dealkylation sites (tertiary alicyclic amines) is 1. The Kier molecular flexibility index (Phi) is 6.68. The van der Waals surface area contributed by atoms with Crippen molar-refractivity contribution < 1.29 is 23.5 Å². The van der Waals surface area contributed by atoms with E-state index in [2.05, 4.69) is 20.8 Å². The molecule has 1 aromatic carbocycles. The summed E-state index contributed by atoms with van der Waals surface area (Å²) in [5.41, 5.74) is 0.867. The zero-order valence-electron chi connectivity index (χ0n) is 18.0. The Labute approximate surface area is 175 Å². The number of nitrogens with zero attached hydrogens (tertiary/aromatic N) is 1. The Morgan fingerprint density at radius 1 is 1.14 bits per heavy atom. The summed E-state index contributed by atoms with van der Waals surface area (Å²) < 4.78 is 16.9. The molecule has 3 rings (SSSR count). The van der Waals surface area contributed by atoms with E-state index in [1.54, 1.807) is 11.8 Å². The minimum Gasteiger partial charge on any atom is -0.464 e. The van der Waals surface area contributed by atoms with Crippen LogP contribution in [0.25, 0.3) is 0 Å². The van der Waals surface area contributed by atoms with Crippen LogP contribution in [0.2, 0.25) is 5.04 Å². The Morgan fingerprint density at radius 3 is 2.45 bits per heavy atom. The van der Waals surface area contributed by atoms with Gasteiger partial charge in [-0.1, -0.05) is 51.1 Å². The van der Waals surface area contributed by atoms with Gasteiger partial charge in [0.1, 0.15) is 12.6 Å². The van der Waals surface area contributed by atoms with Crippen LogP contribution in [0.3, 0.4) is 0 Å². The number of rotatable bonds is 6. The average Bonchev–Trinajstić information content (AvgIpc) is 3.05. The Morgan fingerprint density at radius 2 is 1.83 bits per heavy atom. The maximum absolute atomic E-state index is 12.8. The predicted molar refractivity (Wildman–Crippen MR) is 113 cm³/mol. The van der Waals surface area contributed by atoms with Crippen LogP contribution in [0, 0.1) is 5.41 Å². The van der Waals surface area contributed by atoms with Crippen molar-refractivity contribution >= 4 is 21.8 Å². The minimum atomic E-state index is -0.601. The second-order valence-corrected chi connectivity index (χ2v) is 12.3. The van der Waals surface area contributed by atoms with E-state index in [4.69, 9.17) is 13.9 Å². The SMILES string of the molecule is CCOC(=O)C1CC2(CC(O[SiH2]C(C)(C)C)C2)CN1C(=O)OCc1ccccc1. The van der Waals surface area contributed by atoms with Crippen molar-refractivity contribution in [3.63, 3.8) is 0 Å². The number of ether oxygens (including phenoxy) is 2. The number of amides is 1. The number of esters is 1. The van der Waals surface area contributed by atoms with Gasteiger partial charge in [-0.15, -0.1) is 0 Å². The summed E-state index contributed by atoms with van der Waals surface area (Å²) in [6.07, 6.45) is 2.23. The highest BCUT2D eigenvalue weighted by molar-refractivity contribution is 6.31. The van der Waals surface area contributed by atoms with E-state index in [0.29, 0.717) is 19.6 Å². The van der Waals surface area contributed by atoms with Crippen LogP contribution >= 0.6 is 0 Å². The molecule has 1 saturated heterocycles. The van der Waals surface area contributed by atoms with E-state index in [0.717, 1.165) is 18.4 Å². The van der Waals surface area contributed by atoms with Gasteiger partial charge in [0.2, 0.25) is 0 Å². The van der Waals surface area contributed by atoms with Gasteiger partial charge in [0.25, 0.3) is 0 Å². The van der Waals surface area contributed by atoms with E-state index in [1.165, 1.54) is 0 Å². The molecule has 1 aromatic rings. The number of hydrogen-bond donors (Lipinski definition) is 0. The van der Waals surface area contributed by atoms with Crippen molar-refractivity contribution in [2.75, 3.05) is 13.2 Å². The Bertz CT molecular complexity index is 712. The molecule has 1 amide bonds. The van der Waals surface area contributed by atoms with Crippen molar-refractivity contribution in [3.8, 4) is 0 Å². The first-order valence-corrected chi connectivity index (χ1v) is 11.8. The molecule has 1 aliphatic heterocycles. The monoisotopic (exact) mass is 419 g/mol. The summed E-state index contributed by atoms with van der Waals surface area (Å²) in [5, 5.41) is 0.263. The van der Waals surface area contributed by atoms with E-state index in [1.807, 2.05) is 30.3 Å².